The highest BCUT2D eigenvalue weighted by atomic mass is 16.8. The summed E-state index contributed by atoms with van der Waals surface area (Å²) in [5.74, 6) is -0.377. The van der Waals surface area contributed by atoms with E-state index in [4.69, 9.17) is 28.4 Å². The van der Waals surface area contributed by atoms with Crippen LogP contribution < -0.4 is 0 Å². The molecule has 0 amide bonds. The summed E-state index contributed by atoms with van der Waals surface area (Å²) in [6.45, 7) is 2.16. The molecular formula is C18H22O7. The molecule has 3 aliphatic rings. The number of esters is 1. The molecule has 6 atom stereocenters. The van der Waals surface area contributed by atoms with Gasteiger partial charge in [0, 0.05) is 26.0 Å². The molecule has 1 aromatic carbocycles. The highest BCUT2D eigenvalue weighted by Gasteiger charge is 2.65. The van der Waals surface area contributed by atoms with Gasteiger partial charge in [0.15, 0.2) is 24.3 Å². The number of benzene rings is 1. The molecule has 0 aromatic heterocycles. The fourth-order valence-electron chi connectivity index (χ4n) is 3.95. The van der Waals surface area contributed by atoms with Crippen molar-refractivity contribution in [2.24, 2.45) is 0 Å². The van der Waals surface area contributed by atoms with E-state index in [1.165, 1.54) is 6.92 Å². The van der Waals surface area contributed by atoms with Crippen LogP contribution in [0.3, 0.4) is 0 Å². The van der Waals surface area contributed by atoms with Gasteiger partial charge in [0.25, 0.3) is 0 Å². The Morgan fingerprint density at radius 1 is 1.16 bits per heavy atom. The van der Waals surface area contributed by atoms with Crippen molar-refractivity contribution in [3.8, 4) is 0 Å². The molecule has 0 unspecified atom stereocenters. The molecule has 3 fully saturated rings. The Kier molecular flexibility index (Phi) is 4.51. The zero-order valence-corrected chi connectivity index (χ0v) is 14.3. The number of methoxy groups -OCH3 is 1. The second kappa shape index (κ2) is 6.66. The average molecular weight is 350 g/mol. The molecule has 0 radical (unpaired) electrons. The third-order valence-corrected chi connectivity index (χ3v) is 4.97. The van der Waals surface area contributed by atoms with E-state index in [9.17, 15) is 4.79 Å². The third kappa shape index (κ3) is 2.86. The first-order valence-corrected chi connectivity index (χ1v) is 8.45. The molecule has 0 bridgehead atoms. The van der Waals surface area contributed by atoms with Gasteiger partial charge in [-0.05, 0) is 0 Å². The van der Waals surface area contributed by atoms with Gasteiger partial charge in [-0.3, -0.25) is 4.79 Å². The topological polar surface area (TPSA) is 72.5 Å². The lowest BCUT2D eigenvalue weighted by molar-refractivity contribution is -0.374. The van der Waals surface area contributed by atoms with Crippen molar-refractivity contribution in [2.45, 2.75) is 49.8 Å². The molecular weight excluding hydrogens is 328 g/mol. The number of hydrogen-bond donors (Lipinski definition) is 0. The molecule has 136 valence electrons. The van der Waals surface area contributed by atoms with Crippen LogP contribution in [-0.2, 0) is 33.2 Å². The molecule has 7 heteroatoms. The fraction of sp³-hybridized carbons (Fsp3) is 0.611. The number of hydrogen-bond acceptors (Lipinski definition) is 7. The van der Waals surface area contributed by atoms with E-state index in [1.807, 2.05) is 30.3 Å². The molecule has 4 rings (SSSR count). The van der Waals surface area contributed by atoms with Crippen molar-refractivity contribution in [3.63, 3.8) is 0 Å². The van der Waals surface area contributed by atoms with E-state index in [0.29, 0.717) is 19.6 Å². The molecule has 3 saturated heterocycles. The predicted octanol–water partition coefficient (Wildman–Crippen LogP) is 1.56. The first-order chi connectivity index (χ1) is 12.1. The minimum Gasteiger partial charge on any atom is -0.453 e. The lowest BCUT2D eigenvalue weighted by atomic mass is 9.82. The predicted molar refractivity (Wildman–Crippen MR) is 84.5 cm³/mol. The molecule has 0 aliphatic carbocycles. The summed E-state index contributed by atoms with van der Waals surface area (Å²) in [6, 6.07) is 9.66. The molecule has 25 heavy (non-hydrogen) atoms. The molecule has 7 nitrogen and oxygen atoms in total. The van der Waals surface area contributed by atoms with E-state index < -0.39 is 36.5 Å². The third-order valence-electron chi connectivity index (χ3n) is 4.97. The maximum absolute atomic E-state index is 11.8. The maximum atomic E-state index is 11.8. The highest BCUT2D eigenvalue weighted by molar-refractivity contribution is 5.67. The number of rotatable bonds is 3. The van der Waals surface area contributed by atoms with Crippen LogP contribution in [0.2, 0.25) is 0 Å². The van der Waals surface area contributed by atoms with Gasteiger partial charge in [-0.25, -0.2) is 0 Å². The highest BCUT2D eigenvalue weighted by Crippen LogP contribution is 2.47. The van der Waals surface area contributed by atoms with Gasteiger partial charge in [-0.2, -0.15) is 0 Å². The van der Waals surface area contributed by atoms with Gasteiger partial charge in [-0.15, -0.1) is 0 Å². The molecule has 3 heterocycles. The van der Waals surface area contributed by atoms with Crippen molar-refractivity contribution in [2.75, 3.05) is 20.3 Å². The van der Waals surface area contributed by atoms with Crippen molar-refractivity contribution in [3.05, 3.63) is 35.9 Å². The first-order valence-electron chi connectivity index (χ1n) is 8.45. The van der Waals surface area contributed by atoms with Crippen LogP contribution in [0.25, 0.3) is 0 Å². The van der Waals surface area contributed by atoms with E-state index in [-0.39, 0.29) is 5.97 Å². The molecule has 0 spiro atoms. The Labute approximate surface area is 146 Å². The largest absolute Gasteiger partial charge is 0.453 e. The number of ether oxygens (including phenoxy) is 6. The Morgan fingerprint density at radius 3 is 2.68 bits per heavy atom. The molecule has 0 saturated carbocycles. The molecule has 3 aliphatic heterocycles. The normalized spacial score (nSPS) is 40.2. The van der Waals surface area contributed by atoms with Gasteiger partial charge in [0.2, 0.25) is 0 Å². The number of fused-ring (bicyclic) bond motifs is 3. The summed E-state index contributed by atoms with van der Waals surface area (Å²) in [7, 11) is 1.54. The molecule has 0 N–H and O–H groups in total. The second-order valence-corrected chi connectivity index (χ2v) is 6.50. The minimum absolute atomic E-state index is 0.319. The van der Waals surface area contributed by atoms with Crippen LogP contribution in [0, 0.1) is 0 Å². The van der Waals surface area contributed by atoms with Gasteiger partial charge >= 0.3 is 5.97 Å². The summed E-state index contributed by atoms with van der Waals surface area (Å²) in [6.07, 6.45) is -2.07. The Bertz CT molecular complexity index is 621. The van der Waals surface area contributed by atoms with Crippen LogP contribution in [0.4, 0.5) is 0 Å². The summed E-state index contributed by atoms with van der Waals surface area (Å²) < 4.78 is 35.0. The summed E-state index contributed by atoms with van der Waals surface area (Å²) >= 11 is 0. The van der Waals surface area contributed by atoms with Gasteiger partial charge in [0.1, 0.15) is 12.2 Å². The SMILES string of the molecule is CO[C@H]1O[C@@H]2CO[C@@H](c3ccccc3)O[C@H]2[C@@]2(OC(C)=O)CCO[C@@H]12. The smallest absolute Gasteiger partial charge is 0.303 e. The van der Waals surface area contributed by atoms with Crippen LogP contribution in [0.15, 0.2) is 30.3 Å². The van der Waals surface area contributed by atoms with Crippen LogP contribution in [0.5, 0.6) is 0 Å². The van der Waals surface area contributed by atoms with Crippen LogP contribution in [0.1, 0.15) is 25.2 Å². The van der Waals surface area contributed by atoms with E-state index in [0.717, 1.165) is 5.56 Å². The van der Waals surface area contributed by atoms with Gasteiger partial charge in [-0.1, -0.05) is 30.3 Å². The van der Waals surface area contributed by atoms with Gasteiger partial charge < -0.3 is 28.4 Å². The van der Waals surface area contributed by atoms with E-state index in [1.54, 1.807) is 7.11 Å². The Hall–Kier alpha value is -1.51. The maximum Gasteiger partial charge on any atom is 0.303 e. The number of carbonyl (C=O) groups is 1. The lowest BCUT2D eigenvalue weighted by Crippen LogP contribution is -2.69. The average Bonchev–Trinajstić information content (AvgIpc) is 3.05. The van der Waals surface area contributed by atoms with Crippen LogP contribution in [-0.4, -0.2) is 56.5 Å². The van der Waals surface area contributed by atoms with Crippen LogP contribution >= 0.6 is 0 Å². The summed E-state index contributed by atoms with van der Waals surface area (Å²) in [5, 5.41) is 0. The Morgan fingerprint density at radius 2 is 1.96 bits per heavy atom. The second-order valence-electron chi connectivity index (χ2n) is 6.50. The van der Waals surface area contributed by atoms with Crippen molar-refractivity contribution in [1.29, 1.82) is 0 Å². The van der Waals surface area contributed by atoms with E-state index >= 15 is 0 Å². The van der Waals surface area contributed by atoms with Crippen molar-refractivity contribution < 1.29 is 33.2 Å². The molecule has 1 aromatic rings. The van der Waals surface area contributed by atoms with E-state index in [2.05, 4.69) is 0 Å². The quantitative estimate of drug-likeness (QED) is 0.766. The monoisotopic (exact) mass is 350 g/mol. The first kappa shape index (κ1) is 16.9. The summed E-state index contributed by atoms with van der Waals surface area (Å²) in [4.78, 5) is 11.8. The summed E-state index contributed by atoms with van der Waals surface area (Å²) in [5.41, 5.74) is -0.0325. The standard InChI is InChI=1S/C18H22O7/c1-11(19)25-18-8-9-21-15(18)17(20-2)23-13-10-22-16(24-14(13)18)12-6-4-3-5-7-12/h3-7,13-17H,8-10H2,1-2H3/t13-,14-,15+,16-,17+,18+/m1/s1. The zero-order valence-electron chi connectivity index (χ0n) is 14.3. The minimum atomic E-state index is -0.938. The zero-order chi connectivity index (χ0) is 17.4. The Balaban J connectivity index is 1.66. The lowest BCUT2D eigenvalue weighted by Gasteiger charge is -2.52. The van der Waals surface area contributed by atoms with Crippen molar-refractivity contribution >= 4 is 5.97 Å². The number of carbonyl (C=O) groups excluding carboxylic acids is 1. The fourth-order valence-corrected chi connectivity index (χ4v) is 3.95. The van der Waals surface area contributed by atoms with Crippen molar-refractivity contribution in [1.82, 2.24) is 0 Å². The van der Waals surface area contributed by atoms with Gasteiger partial charge in [0.05, 0.1) is 13.2 Å².